The first-order valence-corrected chi connectivity index (χ1v) is 13.0. The van der Waals surface area contributed by atoms with Crippen molar-refractivity contribution < 1.29 is 59.6 Å². The van der Waals surface area contributed by atoms with E-state index in [0.29, 0.717) is 18.0 Å². The third-order valence-electron chi connectivity index (χ3n) is 6.87. The molecule has 1 saturated carbocycles. The molecule has 1 amide bonds. The summed E-state index contributed by atoms with van der Waals surface area (Å²) in [7, 11) is 1.00. The molecule has 214 valence electrons. The van der Waals surface area contributed by atoms with Gasteiger partial charge in [-0.2, -0.15) is 0 Å². The van der Waals surface area contributed by atoms with Crippen LogP contribution in [-0.4, -0.2) is 46.6 Å². The molecule has 0 saturated heterocycles. The zero-order valence-corrected chi connectivity index (χ0v) is 27.0. The van der Waals surface area contributed by atoms with Crippen molar-refractivity contribution in [2.24, 2.45) is 11.1 Å². The molecule has 39 heavy (non-hydrogen) atoms. The van der Waals surface area contributed by atoms with Crippen LogP contribution in [0.15, 0.2) is 18.2 Å². The standard InChI is InChI=1S/C25H33N3O2.C2H6.CH4O.CH2O.Na.H2O2/c1-15-16(2)28(21-13-25(3,4)14-22(29)23(15)21)18-10-11-19(24(26)30)20(12-18)27-17-8-6-5-7-9-17;3*1-2;;1-2/h10-12,17,27H,5-9,13-14H2,1-4H3,(H2,26,30);1-2H3;2H,1H3;1H2;;1-2H/q;;;;+1;/p-1. The number of primary amides is 1. The number of Topliss-reactive ketones (excluding diaryl/α,β-unsaturated/α-hetero) is 1. The summed E-state index contributed by atoms with van der Waals surface area (Å²) < 4.78 is 2.21. The third-order valence-corrected chi connectivity index (χ3v) is 6.87. The predicted octanol–water partition coefficient (Wildman–Crippen LogP) is 1.37. The molecule has 4 rings (SSSR count). The molecule has 2 aliphatic carbocycles. The fourth-order valence-corrected chi connectivity index (χ4v) is 5.28. The molecule has 0 spiro atoms. The summed E-state index contributed by atoms with van der Waals surface area (Å²) in [5.41, 5.74) is 12.0. The van der Waals surface area contributed by atoms with E-state index in [4.69, 9.17) is 26.1 Å². The van der Waals surface area contributed by atoms with Crippen LogP contribution in [0.25, 0.3) is 5.69 Å². The number of aliphatic hydroxyl groups is 1. The molecule has 2 aliphatic rings. The summed E-state index contributed by atoms with van der Waals surface area (Å²) in [4.78, 5) is 33.0. The van der Waals surface area contributed by atoms with Gasteiger partial charge >= 0.3 is 29.6 Å². The first kappa shape index (κ1) is 39.1. The summed E-state index contributed by atoms with van der Waals surface area (Å²) in [6, 6.07) is 6.17. The number of nitrogens with one attached hydrogen (secondary N) is 1. The van der Waals surface area contributed by atoms with Crippen molar-refractivity contribution in [3.8, 4) is 5.69 Å². The molecular weight excluding hydrogens is 509 g/mol. The van der Waals surface area contributed by atoms with Crippen LogP contribution in [0.1, 0.15) is 104 Å². The Labute approximate surface area is 255 Å². The van der Waals surface area contributed by atoms with Crippen LogP contribution in [0, 0.1) is 19.3 Å². The van der Waals surface area contributed by atoms with Gasteiger partial charge in [0.25, 0.3) is 5.91 Å². The minimum Gasteiger partial charge on any atom is -0.727 e. The molecular formula is C29H46N3NaO6. The maximum absolute atomic E-state index is 12.9. The average molecular weight is 556 g/mol. The van der Waals surface area contributed by atoms with Gasteiger partial charge in [-0.15, -0.1) is 0 Å². The molecule has 0 bridgehead atoms. The third kappa shape index (κ3) is 9.84. The van der Waals surface area contributed by atoms with Gasteiger partial charge in [0.05, 0.1) is 5.56 Å². The Hall–Kier alpha value is -2.01. The molecule has 1 aromatic carbocycles. The van der Waals surface area contributed by atoms with Crippen molar-refractivity contribution in [2.75, 3.05) is 12.4 Å². The molecule has 1 aromatic heterocycles. The largest absolute Gasteiger partial charge is 1.00 e. The number of nitrogens with two attached hydrogens (primary N) is 1. The molecule has 10 heteroatoms. The van der Waals surface area contributed by atoms with E-state index >= 15 is 0 Å². The van der Waals surface area contributed by atoms with Gasteiger partial charge in [-0.05, 0) is 62.3 Å². The molecule has 1 fully saturated rings. The number of nitrogens with zero attached hydrogens (tertiary/aromatic N) is 1. The number of fused-ring (bicyclic) bond motifs is 1. The number of amides is 1. The van der Waals surface area contributed by atoms with Crippen molar-refractivity contribution >= 4 is 24.2 Å². The molecule has 0 aliphatic heterocycles. The fourth-order valence-electron chi connectivity index (χ4n) is 5.28. The van der Waals surface area contributed by atoms with Gasteiger partial charge in [-0.25, -0.2) is 0 Å². The van der Waals surface area contributed by atoms with E-state index in [9.17, 15) is 9.59 Å². The molecule has 1 heterocycles. The normalized spacial score (nSPS) is 15.1. The van der Waals surface area contributed by atoms with Gasteiger partial charge in [0.1, 0.15) is 6.79 Å². The van der Waals surface area contributed by atoms with Crippen molar-refractivity contribution in [3.05, 3.63) is 46.3 Å². The van der Waals surface area contributed by atoms with Crippen LogP contribution in [0.2, 0.25) is 0 Å². The van der Waals surface area contributed by atoms with Crippen molar-refractivity contribution in [3.63, 3.8) is 0 Å². The Balaban J connectivity index is 0. The van der Waals surface area contributed by atoms with Gasteiger partial charge < -0.3 is 36.0 Å². The quantitative estimate of drug-likeness (QED) is 0.252. The van der Waals surface area contributed by atoms with Gasteiger partial charge in [-0.1, -0.05) is 47.0 Å². The molecule has 9 nitrogen and oxygen atoms in total. The summed E-state index contributed by atoms with van der Waals surface area (Å²) in [6.45, 7) is 14.4. The number of carbonyl (C=O) groups is 3. The number of aliphatic hydroxyl groups excluding tert-OH is 1. The minimum atomic E-state index is -0.418. The summed E-state index contributed by atoms with van der Waals surface area (Å²) in [5.74, 6) is -0.187. The van der Waals surface area contributed by atoms with E-state index in [0.717, 1.165) is 60.3 Å². The molecule has 0 radical (unpaired) electrons. The van der Waals surface area contributed by atoms with Crippen LogP contribution >= 0.6 is 0 Å². The molecule has 0 atom stereocenters. The number of hydrogen-bond acceptors (Lipinski definition) is 7. The van der Waals surface area contributed by atoms with E-state index in [2.05, 4.69) is 30.7 Å². The number of carbonyl (C=O) groups excluding carboxylic acids is 3. The Morgan fingerprint density at radius 1 is 1.08 bits per heavy atom. The van der Waals surface area contributed by atoms with Gasteiger partial charge in [0, 0.05) is 47.9 Å². The van der Waals surface area contributed by atoms with Crippen molar-refractivity contribution in [1.82, 2.24) is 4.57 Å². The van der Waals surface area contributed by atoms with Gasteiger partial charge in [0.15, 0.2) is 5.78 Å². The molecule has 2 aromatic rings. The number of aromatic nitrogens is 1. The van der Waals surface area contributed by atoms with Crippen LogP contribution in [-0.2, 0) is 11.2 Å². The van der Waals surface area contributed by atoms with Crippen LogP contribution in [0.4, 0.5) is 5.69 Å². The fraction of sp³-hybridized carbons (Fsp3) is 0.552. The van der Waals surface area contributed by atoms with E-state index in [1.807, 2.05) is 45.8 Å². The van der Waals surface area contributed by atoms with E-state index in [1.165, 1.54) is 19.3 Å². The van der Waals surface area contributed by atoms with Crippen molar-refractivity contribution in [1.29, 1.82) is 0 Å². The Morgan fingerprint density at radius 3 is 2.13 bits per heavy atom. The maximum Gasteiger partial charge on any atom is 1.00 e. The van der Waals surface area contributed by atoms with Gasteiger partial charge in [0.2, 0.25) is 0 Å². The SMILES string of the molecule is C=O.CC.CO.Cc1c2c(n(-c3ccc(C(N)=O)c(NC4CCCCC4)c3)c1C)CC(C)(C)CC2=O.[Na+].[O-]O. The summed E-state index contributed by atoms with van der Waals surface area (Å²) in [5, 5.41) is 23.6. The second-order valence-electron chi connectivity index (χ2n) is 9.88. The minimum absolute atomic E-state index is 0. The number of rotatable bonds is 4. The summed E-state index contributed by atoms with van der Waals surface area (Å²) in [6.07, 6.45) is 7.36. The monoisotopic (exact) mass is 555 g/mol. The van der Waals surface area contributed by atoms with Crippen LogP contribution < -0.4 is 45.9 Å². The number of anilines is 1. The zero-order chi connectivity index (χ0) is 29.6. The smallest absolute Gasteiger partial charge is 0.727 e. The predicted molar refractivity (Wildman–Crippen MR) is 150 cm³/mol. The van der Waals surface area contributed by atoms with E-state index < -0.39 is 5.91 Å². The van der Waals surface area contributed by atoms with Crippen LogP contribution in [0.3, 0.4) is 0 Å². The second-order valence-corrected chi connectivity index (χ2v) is 9.88. The van der Waals surface area contributed by atoms with Crippen molar-refractivity contribution in [2.45, 2.75) is 92.5 Å². The first-order chi connectivity index (χ1) is 18.2. The first-order valence-electron chi connectivity index (χ1n) is 13.0. The Bertz CT molecular complexity index is 1050. The number of hydrogen-bond donors (Lipinski definition) is 4. The van der Waals surface area contributed by atoms with E-state index in [1.54, 1.807) is 0 Å². The number of benzene rings is 1. The Kier molecular flexibility index (Phi) is 19.2. The molecule has 0 unspecified atom stereocenters. The summed E-state index contributed by atoms with van der Waals surface area (Å²) >= 11 is 0. The average Bonchev–Trinajstić information content (AvgIpc) is 3.17. The topological polar surface area (TPSA) is 158 Å². The Morgan fingerprint density at radius 2 is 1.62 bits per heavy atom. The zero-order valence-electron chi connectivity index (χ0n) is 25.0. The van der Waals surface area contributed by atoms with E-state index in [-0.39, 0.29) is 40.8 Å². The van der Waals surface area contributed by atoms with Crippen LogP contribution in [0.5, 0.6) is 0 Å². The second kappa shape index (κ2) is 19.1. The van der Waals surface area contributed by atoms with Gasteiger partial charge in [-0.3, -0.25) is 9.59 Å². The molecule has 5 N–H and O–H groups in total. The maximum atomic E-state index is 12.9. The number of ketones is 1.